The highest BCUT2D eigenvalue weighted by atomic mass is 35.5. The lowest BCUT2D eigenvalue weighted by Crippen LogP contribution is -2.48. The molecule has 1 aliphatic heterocycles. The fraction of sp³-hybridized carbons (Fsp3) is 0.414. The number of piperazine rings is 1. The van der Waals surface area contributed by atoms with E-state index in [1.807, 2.05) is 18.7 Å². The van der Waals surface area contributed by atoms with Crippen LogP contribution in [0, 0.1) is 11.7 Å². The molecule has 1 aliphatic rings. The fourth-order valence-electron chi connectivity index (χ4n) is 5.22. The van der Waals surface area contributed by atoms with Gasteiger partial charge in [-0.25, -0.2) is 9.18 Å². The van der Waals surface area contributed by atoms with Crippen LogP contribution in [-0.2, 0) is 11.2 Å². The number of carboxylic acids is 1. The zero-order valence-electron chi connectivity index (χ0n) is 22.9. The first-order chi connectivity index (χ1) is 19.0. The van der Waals surface area contributed by atoms with Crippen LogP contribution < -0.4 is 15.1 Å². The number of hydrogen-bond acceptors (Lipinski definition) is 6. The normalized spacial score (nSPS) is 14.6. The van der Waals surface area contributed by atoms with Gasteiger partial charge in [0.2, 0.25) is 11.3 Å². The molecule has 0 aliphatic carbocycles. The van der Waals surface area contributed by atoms with Crippen molar-refractivity contribution in [2.75, 3.05) is 44.8 Å². The summed E-state index contributed by atoms with van der Waals surface area (Å²) in [7, 11) is 1.46. The van der Waals surface area contributed by atoms with Gasteiger partial charge in [-0.15, -0.1) is 0 Å². The van der Waals surface area contributed by atoms with E-state index >= 15 is 4.39 Å². The average Bonchev–Trinajstić information content (AvgIpc) is 2.92. The summed E-state index contributed by atoms with van der Waals surface area (Å²) in [5, 5.41) is 19.9. The third kappa shape index (κ3) is 5.64. The molecule has 0 unspecified atom stereocenters. The van der Waals surface area contributed by atoms with Crippen molar-refractivity contribution >= 4 is 40.1 Å². The van der Waals surface area contributed by atoms with Gasteiger partial charge in [-0.3, -0.25) is 9.59 Å². The molecule has 0 bridgehead atoms. The number of anilines is 1. The number of pyridine rings is 1. The number of ether oxygens (including phenoxy) is 1. The molecule has 9 nitrogen and oxygen atoms in total. The minimum Gasteiger partial charge on any atom is -0.496 e. The van der Waals surface area contributed by atoms with Crippen molar-refractivity contribution < 1.29 is 28.9 Å². The topological polar surface area (TPSA) is 112 Å². The summed E-state index contributed by atoms with van der Waals surface area (Å²) in [5.41, 5.74) is 0.753. The van der Waals surface area contributed by atoms with Gasteiger partial charge in [-0.2, -0.15) is 0 Å². The van der Waals surface area contributed by atoms with E-state index in [-0.39, 0.29) is 40.8 Å². The summed E-state index contributed by atoms with van der Waals surface area (Å²) in [5.74, 6) is -1.68. The molecule has 2 heterocycles. The predicted molar refractivity (Wildman–Crippen MR) is 151 cm³/mol. The Balaban J connectivity index is 1.82. The second-order valence-corrected chi connectivity index (χ2v) is 10.7. The SMILES string of the molecule is COc1cc2c(cc1Cc1cc(N3CCN(C(C)=O)CC3)cc(Cl)c1F)c(=O)c(C(=O)O)cn2[C@H](CO)C(C)C. The molecule has 1 amide bonds. The monoisotopic (exact) mass is 573 g/mol. The third-order valence-corrected chi connectivity index (χ3v) is 7.81. The average molecular weight is 574 g/mol. The van der Waals surface area contributed by atoms with Crippen LogP contribution in [0.15, 0.2) is 35.3 Å². The standard InChI is InChI=1S/C29H33ClFN3O6/c1-16(2)25(15-35)34-14-22(29(38)39)28(37)21-11-18(26(40-4)13-24(21)34)9-19-10-20(12-23(30)27(19)31)33-7-5-32(6-8-33)17(3)36/h10-14,16,25,35H,5-9,15H2,1-4H3,(H,38,39)/t25-/m1/s1. The van der Waals surface area contributed by atoms with Gasteiger partial charge < -0.3 is 29.3 Å². The zero-order chi connectivity index (χ0) is 29.3. The summed E-state index contributed by atoms with van der Waals surface area (Å²) in [6.45, 7) is 7.26. The highest BCUT2D eigenvalue weighted by Gasteiger charge is 2.24. The maximum atomic E-state index is 15.3. The largest absolute Gasteiger partial charge is 0.496 e. The smallest absolute Gasteiger partial charge is 0.341 e. The Morgan fingerprint density at radius 2 is 1.77 bits per heavy atom. The first kappa shape index (κ1) is 29.4. The Hall–Kier alpha value is -3.63. The number of aliphatic hydroxyl groups is 1. The van der Waals surface area contributed by atoms with Crippen molar-refractivity contribution in [2.45, 2.75) is 33.2 Å². The van der Waals surface area contributed by atoms with E-state index in [9.17, 15) is 24.6 Å². The molecule has 2 N–H and O–H groups in total. The molecule has 1 saturated heterocycles. The highest BCUT2D eigenvalue weighted by molar-refractivity contribution is 6.31. The second-order valence-electron chi connectivity index (χ2n) is 10.3. The van der Waals surface area contributed by atoms with E-state index in [4.69, 9.17) is 16.3 Å². The number of benzene rings is 2. The van der Waals surface area contributed by atoms with E-state index in [1.54, 1.807) is 27.7 Å². The van der Waals surface area contributed by atoms with Gasteiger partial charge in [0.05, 0.1) is 30.3 Å². The number of carbonyl (C=O) groups is 2. The molecular formula is C29H33ClFN3O6. The van der Waals surface area contributed by atoms with Crippen molar-refractivity contribution in [3.8, 4) is 5.75 Å². The molecule has 214 valence electrons. The van der Waals surface area contributed by atoms with Crippen LogP contribution in [0.2, 0.25) is 5.02 Å². The molecule has 40 heavy (non-hydrogen) atoms. The molecular weight excluding hydrogens is 541 g/mol. The number of fused-ring (bicyclic) bond motifs is 1. The van der Waals surface area contributed by atoms with E-state index in [0.29, 0.717) is 48.7 Å². The van der Waals surface area contributed by atoms with Crippen LogP contribution in [0.3, 0.4) is 0 Å². The number of nitrogens with zero attached hydrogens (tertiary/aromatic N) is 3. The number of aromatic nitrogens is 1. The number of amides is 1. The third-order valence-electron chi connectivity index (χ3n) is 7.54. The number of rotatable bonds is 8. The molecule has 11 heteroatoms. The number of methoxy groups -OCH3 is 1. The summed E-state index contributed by atoms with van der Waals surface area (Å²) >= 11 is 6.29. The lowest BCUT2D eigenvalue weighted by atomic mass is 9.98. The predicted octanol–water partition coefficient (Wildman–Crippen LogP) is 3.95. The van der Waals surface area contributed by atoms with Crippen molar-refractivity contribution in [1.29, 1.82) is 0 Å². The molecule has 1 atom stereocenters. The van der Waals surface area contributed by atoms with Gasteiger partial charge in [0, 0.05) is 62.9 Å². The van der Waals surface area contributed by atoms with Crippen LogP contribution >= 0.6 is 11.6 Å². The van der Waals surface area contributed by atoms with Gasteiger partial charge >= 0.3 is 5.97 Å². The molecule has 1 aromatic heterocycles. The van der Waals surface area contributed by atoms with Crippen molar-refractivity contribution in [2.24, 2.45) is 5.92 Å². The summed E-state index contributed by atoms with van der Waals surface area (Å²) in [6.07, 6.45) is 1.28. The number of aromatic carboxylic acids is 1. The molecule has 4 rings (SSSR count). The van der Waals surface area contributed by atoms with Crippen molar-refractivity contribution in [1.82, 2.24) is 9.47 Å². The molecule has 0 saturated carbocycles. The van der Waals surface area contributed by atoms with E-state index in [0.717, 1.165) is 0 Å². The van der Waals surface area contributed by atoms with Gasteiger partial charge in [0.1, 0.15) is 17.1 Å². The Morgan fingerprint density at radius 1 is 1.10 bits per heavy atom. The molecule has 2 aromatic carbocycles. The van der Waals surface area contributed by atoms with Crippen molar-refractivity contribution in [3.05, 3.63) is 68.2 Å². The van der Waals surface area contributed by atoms with Crippen LogP contribution in [0.5, 0.6) is 5.75 Å². The van der Waals surface area contributed by atoms with Gasteiger partial charge in [0.15, 0.2) is 0 Å². The Bertz CT molecular complexity index is 1510. The zero-order valence-corrected chi connectivity index (χ0v) is 23.7. The van der Waals surface area contributed by atoms with Crippen molar-refractivity contribution in [3.63, 3.8) is 0 Å². The maximum absolute atomic E-state index is 15.3. The summed E-state index contributed by atoms with van der Waals surface area (Å²) in [4.78, 5) is 40.7. The van der Waals surface area contributed by atoms with Crippen LogP contribution in [0.1, 0.15) is 48.3 Å². The molecule has 1 fully saturated rings. The summed E-state index contributed by atoms with van der Waals surface area (Å²) < 4.78 is 22.5. The molecule has 3 aromatic rings. The Kier molecular flexibility index (Phi) is 8.70. The minimum absolute atomic E-state index is 0.00435. The highest BCUT2D eigenvalue weighted by Crippen LogP contribution is 2.33. The van der Waals surface area contributed by atoms with E-state index < -0.39 is 28.8 Å². The second kappa shape index (κ2) is 11.9. The Morgan fingerprint density at radius 3 is 2.33 bits per heavy atom. The number of hydrogen-bond donors (Lipinski definition) is 2. The summed E-state index contributed by atoms with van der Waals surface area (Å²) in [6, 6.07) is 5.90. The maximum Gasteiger partial charge on any atom is 0.341 e. The van der Waals surface area contributed by atoms with Crippen LogP contribution in [-0.4, -0.2) is 71.5 Å². The van der Waals surface area contributed by atoms with E-state index in [2.05, 4.69) is 0 Å². The lowest BCUT2D eigenvalue weighted by molar-refractivity contribution is -0.129. The number of aliphatic hydroxyl groups excluding tert-OH is 1. The van der Waals surface area contributed by atoms with Crippen LogP contribution in [0.25, 0.3) is 10.9 Å². The fourth-order valence-corrected chi connectivity index (χ4v) is 5.46. The van der Waals surface area contributed by atoms with Gasteiger partial charge in [0.25, 0.3) is 0 Å². The molecule has 0 radical (unpaired) electrons. The van der Waals surface area contributed by atoms with Crippen LogP contribution in [0.4, 0.5) is 10.1 Å². The number of carbonyl (C=O) groups excluding carboxylic acids is 1. The Labute approximate surface area is 236 Å². The lowest BCUT2D eigenvalue weighted by Gasteiger charge is -2.36. The number of carboxylic acid groups (broad SMARTS) is 1. The number of halogens is 2. The first-order valence-corrected chi connectivity index (χ1v) is 13.4. The quantitative estimate of drug-likeness (QED) is 0.420. The van der Waals surface area contributed by atoms with Gasteiger partial charge in [-0.1, -0.05) is 25.4 Å². The molecule has 0 spiro atoms. The van der Waals surface area contributed by atoms with Gasteiger partial charge in [-0.05, 0) is 35.2 Å². The minimum atomic E-state index is -1.38. The van der Waals surface area contributed by atoms with E-state index in [1.165, 1.54) is 26.3 Å². The first-order valence-electron chi connectivity index (χ1n) is 13.0.